The Morgan fingerprint density at radius 1 is 1.03 bits per heavy atom. The Balaban J connectivity index is 1.63. The van der Waals surface area contributed by atoms with Crippen molar-refractivity contribution in [2.24, 2.45) is 5.92 Å². The van der Waals surface area contributed by atoms with Gasteiger partial charge in [0, 0.05) is 29.6 Å². The van der Waals surface area contributed by atoms with E-state index in [-0.39, 0.29) is 17.7 Å². The van der Waals surface area contributed by atoms with Gasteiger partial charge >= 0.3 is 0 Å². The first kappa shape index (κ1) is 21.0. The van der Waals surface area contributed by atoms with Gasteiger partial charge in [-0.3, -0.25) is 9.59 Å². The van der Waals surface area contributed by atoms with E-state index >= 15 is 0 Å². The van der Waals surface area contributed by atoms with E-state index in [1.165, 1.54) is 14.2 Å². The van der Waals surface area contributed by atoms with E-state index in [1.54, 1.807) is 34.9 Å². The second-order valence-electron chi connectivity index (χ2n) is 6.83. The van der Waals surface area contributed by atoms with Crippen molar-refractivity contribution >= 4 is 29.3 Å². The maximum Gasteiger partial charge on any atom is 0.261 e. The summed E-state index contributed by atoms with van der Waals surface area (Å²) in [6.45, 7) is 1.03. The van der Waals surface area contributed by atoms with Crippen molar-refractivity contribution in [2.75, 3.05) is 38.9 Å². The molecule has 0 aromatic heterocycles. The Morgan fingerprint density at radius 3 is 2.24 bits per heavy atom. The van der Waals surface area contributed by atoms with E-state index in [0.717, 1.165) is 10.6 Å². The molecule has 3 rings (SSSR count). The van der Waals surface area contributed by atoms with Crippen molar-refractivity contribution in [3.8, 4) is 11.5 Å². The largest absolute Gasteiger partial charge is 0.496 e. The third-order valence-electron chi connectivity index (χ3n) is 5.13. The van der Waals surface area contributed by atoms with Crippen LogP contribution in [0, 0.1) is 5.92 Å². The van der Waals surface area contributed by atoms with E-state index in [4.69, 9.17) is 9.47 Å². The molecule has 0 atom stereocenters. The average Bonchev–Trinajstić information content (AvgIpc) is 2.78. The highest BCUT2D eigenvalue weighted by molar-refractivity contribution is 7.98. The number of nitrogens with zero attached hydrogens (tertiary/aromatic N) is 1. The predicted octanol–water partition coefficient (Wildman–Crippen LogP) is 3.92. The maximum absolute atomic E-state index is 13.1. The first-order chi connectivity index (χ1) is 14.1. The fourth-order valence-corrected chi connectivity index (χ4v) is 3.97. The van der Waals surface area contributed by atoms with Crippen LogP contribution in [0.15, 0.2) is 47.4 Å². The number of hydrogen-bond acceptors (Lipinski definition) is 5. The molecule has 1 aliphatic rings. The Labute approximate surface area is 175 Å². The zero-order chi connectivity index (χ0) is 20.8. The molecule has 0 radical (unpaired) electrons. The summed E-state index contributed by atoms with van der Waals surface area (Å²) in [4.78, 5) is 28.6. The summed E-state index contributed by atoms with van der Waals surface area (Å²) >= 11 is 1.64. The average molecular weight is 415 g/mol. The van der Waals surface area contributed by atoms with E-state index in [2.05, 4.69) is 5.32 Å². The summed E-state index contributed by atoms with van der Waals surface area (Å²) in [5.41, 5.74) is 1.23. The van der Waals surface area contributed by atoms with Gasteiger partial charge < -0.3 is 19.7 Å². The van der Waals surface area contributed by atoms with Crippen LogP contribution in [0.3, 0.4) is 0 Å². The lowest BCUT2D eigenvalue weighted by Gasteiger charge is -2.32. The molecule has 7 heteroatoms. The molecule has 2 aromatic carbocycles. The van der Waals surface area contributed by atoms with Crippen molar-refractivity contribution in [2.45, 2.75) is 17.7 Å². The minimum Gasteiger partial charge on any atom is -0.496 e. The molecule has 6 nitrogen and oxygen atoms in total. The number of likely N-dealkylation sites (tertiary alicyclic amines) is 1. The molecule has 2 aromatic rings. The predicted molar refractivity (Wildman–Crippen MR) is 115 cm³/mol. The van der Waals surface area contributed by atoms with Gasteiger partial charge in [0.05, 0.1) is 14.2 Å². The van der Waals surface area contributed by atoms with Gasteiger partial charge in [0.2, 0.25) is 5.91 Å². The number of carbonyl (C=O) groups is 2. The minimum absolute atomic E-state index is 0.00484. The normalized spacial score (nSPS) is 14.4. The van der Waals surface area contributed by atoms with E-state index in [9.17, 15) is 9.59 Å². The van der Waals surface area contributed by atoms with Crippen LogP contribution in [0.2, 0.25) is 0 Å². The third-order valence-corrected chi connectivity index (χ3v) is 5.86. The van der Waals surface area contributed by atoms with Crippen molar-refractivity contribution in [3.05, 3.63) is 48.0 Å². The number of hydrogen-bond donors (Lipinski definition) is 1. The van der Waals surface area contributed by atoms with Crippen LogP contribution in [-0.4, -0.2) is 50.3 Å². The Kier molecular flexibility index (Phi) is 7.04. The van der Waals surface area contributed by atoms with Gasteiger partial charge in [-0.2, -0.15) is 0 Å². The van der Waals surface area contributed by atoms with Crippen molar-refractivity contribution < 1.29 is 19.1 Å². The number of amides is 2. The zero-order valence-electron chi connectivity index (χ0n) is 16.9. The number of anilines is 1. The lowest BCUT2D eigenvalue weighted by molar-refractivity contribution is -0.121. The molecule has 0 aliphatic carbocycles. The van der Waals surface area contributed by atoms with Gasteiger partial charge in [0.15, 0.2) is 0 Å². The highest BCUT2D eigenvalue weighted by atomic mass is 32.2. The Bertz CT molecular complexity index is 857. The SMILES string of the molecule is COc1cccc(OC)c1C(=O)N1CCC(C(=O)Nc2cccc(SC)c2)CC1. The number of rotatable bonds is 6. The number of benzene rings is 2. The van der Waals surface area contributed by atoms with Crippen LogP contribution in [0.4, 0.5) is 5.69 Å². The van der Waals surface area contributed by atoms with Crippen LogP contribution in [0.25, 0.3) is 0 Å². The Morgan fingerprint density at radius 2 is 1.66 bits per heavy atom. The molecule has 1 N–H and O–H groups in total. The molecule has 154 valence electrons. The number of nitrogens with one attached hydrogen (secondary N) is 1. The summed E-state index contributed by atoms with van der Waals surface area (Å²) in [6.07, 6.45) is 3.25. The number of thioether (sulfide) groups is 1. The summed E-state index contributed by atoms with van der Waals surface area (Å²) in [5.74, 6) is 0.735. The van der Waals surface area contributed by atoms with Crippen molar-refractivity contribution in [1.82, 2.24) is 4.90 Å². The van der Waals surface area contributed by atoms with Crippen LogP contribution in [-0.2, 0) is 4.79 Å². The highest BCUT2D eigenvalue weighted by Crippen LogP contribution is 2.31. The number of ether oxygens (including phenoxy) is 2. The van der Waals surface area contributed by atoms with E-state index < -0.39 is 0 Å². The van der Waals surface area contributed by atoms with Crippen LogP contribution < -0.4 is 14.8 Å². The molecular formula is C22H26N2O4S. The lowest BCUT2D eigenvalue weighted by Crippen LogP contribution is -2.41. The van der Waals surface area contributed by atoms with Gasteiger partial charge in [-0.15, -0.1) is 11.8 Å². The first-order valence-corrected chi connectivity index (χ1v) is 10.7. The van der Waals surface area contributed by atoms with Crippen LogP contribution in [0.5, 0.6) is 11.5 Å². The van der Waals surface area contributed by atoms with Gasteiger partial charge in [0.1, 0.15) is 17.1 Å². The number of methoxy groups -OCH3 is 2. The fourth-order valence-electron chi connectivity index (χ4n) is 3.51. The second-order valence-corrected chi connectivity index (χ2v) is 7.70. The van der Waals surface area contributed by atoms with Crippen LogP contribution in [0.1, 0.15) is 23.2 Å². The zero-order valence-corrected chi connectivity index (χ0v) is 17.8. The first-order valence-electron chi connectivity index (χ1n) is 9.52. The summed E-state index contributed by atoms with van der Waals surface area (Å²) in [6, 6.07) is 13.1. The summed E-state index contributed by atoms with van der Waals surface area (Å²) in [7, 11) is 3.07. The van der Waals surface area contributed by atoms with E-state index in [0.29, 0.717) is 43.0 Å². The summed E-state index contributed by atoms with van der Waals surface area (Å²) in [5, 5.41) is 3.00. The standard InChI is InChI=1S/C22H26N2O4S/c1-27-18-8-5-9-19(28-2)20(18)22(26)24-12-10-15(11-13-24)21(25)23-16-6-4-7-17(14-16)29-3/h4-9,14-15H,10-13H2,1-3H3,(H,23,25). The second kappa shape index (κ2) is 9.69. The highest BCUT2D eigenvalue weighted by Gasteiger charge is 2.30. The smallest absolute Gasteiger partial charge is 0.261 e. The van der Waals surface area contributed by atoms with Gasteiger partial charge in [-0.1, -0.05) is 12.1 Å². The van der Waals surface area contributed by atoms with Crippen molar-refractivity contribution in [1.29, 1.82) is 0 Å². The van der Waals surface area contributed by atoms with Gasteiger partial charge in [-0.05, 0) is 49.4 Å². The van der Waals surface area contributed by atoms with Gasteiger partial charge in [-0.25, -0.2) is 0 Å². The molecule has 0 bridgehead atoms. The third kappa shape index (κ3) is 4.85. The molecule has 0 saturated carbocycles. The Hall–Kier alpha value is -2.67. The summed E-state index contributed by atoms with van der Waals surface area (Å²) < 4.78 is 10.7. The lowest BCUT2D eigenvalue weighted by atomic mass is 9.95. The molecule has 1 aliphatic heterocycles. The monoisotopic (exact) mass is 414 g/mol. The van der Waals surface area contributed by atoms with E-state index in [1.807, 2.05) is 30.5 Å². The minimum atomic E-state index is -0.133. The quantitative estimate of drug-likeness (QED) is 0.726. The molecule has 0 unspecified atom stereocenters. The van der Waals surface area contributed by atoms with Crippen molar-refractivity contribution in [3.63, 3.8) is 0 Å². The fraction of sp³-hybridized carbons (Fsp3) is 0.364. The van der Waals surface area contributed by atoms with Gasteiger partial charge in [0.25, 0.3) is 5.91 Å². The molecule has 2 amide bonds. The molecule has 1 saturated heterocycles. The maximum atomic E-state index is 13.1. The molecule has 1 fully saturated rings. The topological polar surface area (TPSA) is 67.9 Å². The number of carbonyl (C=O) groups excluding carboxylic acids is 2. The molecular weight excluding hydrogens is 388 g/mol. The molecule has 1 heterocycles. The molecule has 0 spiro atoms. The number of piperidine rings is 1. The molecule has 29 heavy (non-hydrogen) atoms. The van der Waals surface area contributed by atoms with Crippen LogP contribution >= 0.6 is 11.8 Å².